The van der Waals surface area contributed by atoms with E-state index in [9.17, 15) is 14.7 Å². The van der Waals surface area contributed by atoms with Crippen molar-refractivity contribution in [3.63, 3.8) is 0 Å². The lowest BCUT2D eigenvalue weighted by molar-refractivity contribution is -0.307. The maximum atomic E-state index is 12.9. The Morgan fingerprint density at radius 3 is 2.48 bits per heavy atom. The van der Waals surface area contributed by atoms with Crippen LogP contribution in [0.1, 0.15) is 5.56 Å². The summed E-state index contributed by atoms with van der Waals surface area (Å²) in [5, 5.41) is 11.1. The molecule has 140 valence electrons. The van der Waals surface area contributed by atoms with Crippen molar-refractivity contribution in [3.8, 4) is 28.6 Å². The Morgan fingerprint density at radius 1 is 1.07 bits per heavy atom. The molecule has 0 atom stereocenters. The number of carboxylic acids is 1. The molecule has 3 rings (SSSR count). The third kappa shape index (κ3) is 3.57. The number of aliphatic carboxylic acids is 1. The van der Waals surface area contributed by atoms with Crippen LogP contribution in [-0.2, 0) is 4.79 Å². The number of ether oxygens (including phenoxy) is 3. The first-order chi connectivity index (χ1) is 12.9. The van der Waals surface area contributed by atoms with Crippen LogP contribution in [0.15, 0.2) is 45.6 Å². The summed E-state index contributed by atoms with van der Waals surface area (Å²) >= 11 is 0. The molecule has 7 heteroatoms. The zero-order valence-corrected chi connectivity index (χ0v) is 15.0. The van der Waals surface area contributed by atoms with E-state index in [1.54, 1.807) is 36.4 Å². The molecule has 0 aliphatic carbocycles. The maximum Gasteiger partial charge on any atom is 0.235 e. The van der Waals surface area contributed by atoms with Crippen LogP contribution < -0.4 is 24.7 Å². The third-order valence-corrected chi connectivity index (χ3v) is 3.99. The van der Waals surface area contributed by atoms with Gasteiger partial charge < -0.3 is 28.5 Å². The first kappa shape index (κ1) is 18.3. The van der Waals surface area contributed by atoms with Crippen LogP contribution in [0.2, 0.25) is 0 Å². The van der Waals surface area contributed by atoms with Crippen molar-refractivity contribution < 1.29 is 28.5 Å². The highest BCUT2D eigenvalue weighted by atomic mass is 16.5. The van der Waals surface area contributed by atoms with Gasteiger partial charge in [0.25, 0.3) is 0 Å². The number of aryl methyl sites for hydroxylation is 1. The molecule has 0 spiro atoms. The van der Waals surface area contributed by atoms with Crippen LogP contribution in [0.25, 0.3) is 22.3 Å². The molecule has 1 heterocycles. The average molecular weight is 369 g/mol. The number of carbonyl (C=O) groups is 1. The van der Waals surface area contributed by atoms with Crippen molar-refractivity contribution in [2.24, 2.45) is 0 Å². The van der Waals surface area contributed by atoms with E-state index < -0.39 is 18.0 Å². The van der Waals surface area contributed by atoms with Crippen LogP contribution >= 0.6 is 0 Å². The molecule has 0 aliphatic heterocycles. The number of hydrogen-bond donors (Lipinski definition) is 0. The standard InChI is InChI=1S/C20H18O7/c1-11-4-6-13-15(8-11)27-19(20(18(13)23)26-10-17(21)22)12-5-7-14(24-2)16(9-12)25-3/h4-9H,10H2,1-3H3,(H,21,22)/p-1. The third-order valence-electron chi connectivity index (χ3n) is 3.99. The van der Waals surface area contributed by atoms with Gasteiger partial charge in [-0.1, -0.05) is 6.07 Å². The van der Waals surface area contributed by atoms with Crippen LogP contribution in [0, 0.1) is 6.92 Å². The van der Waals surface area contributed by atoms with E-state index in [1.807, 2.05) is 6.92 Å². The number of hydrogen-bond acceptors (Lipinski definition) is 7. The van der Waals surface area contributed by atoms with Crippen molar-refractivity contribution in [2.45, 2.75) is 6.92 Å². The zero-order valence-electron chi connectivity index (χ0n) is 15.0. The second-order valence-corrected chi connectivity index (χ2v) is 5.82. The molecule has 0 fully saturated rings. The SMILES string of the molecule is COc1ccc(-c2oc3cc(C)ccc3c(=O)c2OCC(=O)[O-])cc1OC. The minimum atomic E-state index is -1.45. The molecule has 2 aromatic carbocycles. The predicted molar refractivity (Wildman–Crippen MR) is 96.3 cm³/mol. The van der Waals surface area contributed by atoms with Gasteiger partial charge in [0.15, 0.2) is 17.3 Å². The minimum Gasteiger partial charge on any atom is -0.546 e. The van der Waals surface area contributed by atoms with E-state index in [4.69, 9.17) is 18.6 Å². The fourth-order valence-electron chi connectivity index (χ4n) is 2.71. The predicted octanol–water partition coefficient (Wildman–Crippen LogP) is 1.91. The van der Waals surface area contributed by atoms with E-state index in [2.05, 4.69) is 0 Å². The normalized spacial score (nSPS) is 10.6. The summed E-state index contributed by atoms with van der Waals surface area (Å²) in [5.74, 6) is -0.634. The lowest BCUT2D eigenvalue weighted by atomic mass is 10.1. The van der Waals surface area contributed by atoms with Gasteiger partial charge in [0.05, 0.1) is 25.6 Å². The lowest BCUT2D eigenvalue weighted by Gasteiger charge is -2.14. The van der Waals surface area contributed by atoms with E-state index in [0.717, 1.165) is 5.56 Å². The summed E-state index contributed by atoms with van der Waals surface area (Å²) < 4.78 is 21.6. The largest absolute Gasteiger partial charge is 0.546 e. The highest BCUT2D eigenvalue weighted by Crippen LogP contribution is 2.36. The fourth-order valence-corrected chi connectivity index (χ4v) is 2.71. The molecule has 0 amide bonds. The van der Waals surface area contributed by atoms with Gasteiger partial charge in [-0.15, -0.1) is 0 Å². The van der Waals surface area contributed by atoms with Crippen molar-refractivity contribution in [3.05, 3.63) is 52.2 Å². The van der Waals surface area contributed by atoms with E-state index in [0.29, 0.717) is 22.6 Å². The maximum absolute atomic E-state index is 12.9. The molecule has 3 aromatic rings. The number of fused-ring (bicyclic) bond motifs is 1. The first-order valence-electron chi connectivity index (χ1n) is 8.07. The van der Waals surface area contributed by atoms with Gasteiger partial charge in [0.2, 0.25) is 11.2 Å². The molecule has 7 nitrogen and oxygen atoms in total. The second-order valence-electron chi connectivity index (χ2n) is 5.82. The Labute approximate surface area is 154 Å². The monoisotopic (exact) mass is 369 g/mol. The van der Waals surface area contributed by atoms with Gasteiger partial charge in [-0.05, 0) is 42.8 Å². The highest BCUT2D eigenvalue weighted by Gasteiger charge is 2.19. The van der Waals surface area contributed by atoms with Crippen LogP contribution in [-0.4, -0.2) is 26.8 Å². The van der Waals surface area contributed by atoms with Gasteiger partial charge in [0.1, 0.15) is 12.2 Å². The van der Waals surface area contributed by atoms with Crippen LogP contribution in [0.4, 0.5) is 0 Å². The van der Waals surface area contributed by atoms with Gasteiger partial charge in [-0.2, -0.15) is 0 Å². The van der Waals surface area contributed by atoms with Gasteiger partial charge in [-0.25, -0.2) is 0 Å². The number of carbonyl (C=O) groups excluding carboxylic acids is 1. The fraction of sp³-hybridized carbons (Fsp3) is 0.200. The topological polar surface area (TPSA) is 98.0 Å². The lowest BCUT2D eigenvalue weighted by Crippen LogP contribution is -2.30. The smallest absolute Gasteiger partial charge is 0.235 e. The highest BCUT2D eigenvalue weighted by molar-refractivity contribution is 5.83. The van der Waals surface area contributed by atoms with Gasteiger partial charge in [-0.3, -0.25) is 4.79 Å². The first-order valence-corrected chi connectivity index (χ1v) is 8.07. The van der Waals surface area contributed by atoms with E-state index in [1.165, 1.54) is 14.2 Å². The Hall–Kier alpha value is -3.48. The molecular formula is C20H17O7-. The Balaban J connectivity index is 2.27. The summed E-state index contributed by atoms with van der Waals surface area (Å²) in [5.41, 5.74) is 1.28. The Morgan fingerprint density at radius 2 is 1.81 bits per heavy atom. The van der Waals surface area contributed by atoms with Crippen LogP contribution in [0.5, 0.6) is 17.2 Å². The summed E-state index contributed by atoms with van der Waals surface area (Å²) in [6, 6.07) is 10.0. The van der Waals surface area contributed by atoms with Gasteiger partial charge in [0, 0.05) is 5.56 Å². The number of rotatable bonds is 6. The Kier molecular flexibility index (Phi) is 5.03. The second kappa shape index (κ2) is 7.41. The number of carboxylic acid groups (broad SMARTS) is 1. The quantitative estimate of drug-likeness (QED) is 0.654. The molecular weight excluding hydrogens is 352 g/mol. The molecule has 1 aromatic heterocycles. The molecule has 0 unspecified atom stereocenters. The summed E-state index contributed by atoms with van der Waals surface area (Å²) in [6.45, 7) is 1.10. The van der Waals surface area contributed by atoms with Crippen molar-refractivity contribution in [1.29, 1.82) is 0 Å². The summed E-state index contributed by atoms with van der Waals surface area (Å²) in [6.07, 6.45) is 0. The minimum absolute atomic E-state index is 0.0975. The molecule has 27 heavy (non-hydrogen) atoms. The van der Waals surface area contributed by atoms with Crippen molar-refractivity contribution in [1.82, 2.24) is 0 Å². The molecule has 0 saturated carbocycles. The summed E-state index contributed by atoms with van der Waals surface area (Å²) in [7, 11) is 2.99. The number of benzene rings is 2. The average Bonchev–Trinajstić information content (AvgIpc) is 2.66. The summed E-state index contributed by atoms with van der Waals surface area (Å²) in [4.78, 5) is 23.7. The molecule has 0 saturated heterocycles. The Bertz CT molecular complexity index is 1070. The zero-order chi connectivity index (χ0) is 19.6. The van der Waals surface area contributed by atoms with E-state index >= 15 is 0 Å². The van der Waals surface area contributed by atoms with Crippen LogP contribution in [0.3, 0.4) is 0 Å². The molecule has 0 N–H and O–H groups in total. The van der Waals surface area contributed by atoms with Gasteiger partial charge >= 0.3 is 0 Å². The van der Waals surface area contributed by atoms with Crippen molar-refractivity contribution >= 4 is 16.9 Å². The van der Waals surface area contributed by atoms with E-state index in [-0.39, 0.29) is 16.9 Å². The number of methoxy groups -OCH3 is 2. The molecule has 0 aliphatic rings. The molecule has 0 bridgehead atoms. The van der Waals surface area contributed by atoms with Crippen molar-refractivity contribution in [2.75, 3.05) is 20.8 Å². The molecule has 0 radical (unpaired) electrons.